The molecule has 0 saturated heterocycles. The Morgan fingerprint density at radius 3 is 2.76 bits per heavy atom. The average molecular weight is 317 g/mol. The Morgan fingerprint density at radius 1 is 1.10 bits per heavy atom. The quantitative estimate of drug-likeness (QED) is 0.466. The van der Waals surface area contributed by atoms with Crippen LogP contribution in [-0.2, 0) is 7.05 Å². The van der Waals surface area contributed by atoms with Crippen LogP contribution >= 0.6 is 11.8 Å². The summed E-state index contributed by atoms with van der Waals surface area (Å²) in [6, 6.07) is 13.8. The number of aryl methyl sites for hydroxylation is 1. The highest BCUT2D eigenvalue weighted by atomic mass is 35.5. The minimum Gasteiger partial charge on any atom is -1.00 e. The molecule has 0 aliphatic carbocycles. The Kier molecular flexibility index (Phi) is 3.43. The third kappa shape index (κ3) is 2.20. The lowest BCUT2D eigenvalue weighted by molar-refractivity contribution is -0.646. The molecule has 21 heavy (non-hydrogen) atoms. The summed E-state index contributed by atoms with van der Waals surface area (Å²) in [4.78, 5) is 2.33. The summed E-state index contributed by atoms with van der Waals surface area (Å²) in [5.74, 6) is 0.283. The monoisotopic (exact) mass is 316 g/mol. The van der Waals surface area contributed by atoms with Crippen molar-refractivity contribution in [3.63, 3.8) is 0 Å². The molecule has 0 unspecified atom stereocenters. The second kappa shape index (κ2) is 5.13. The summed E-state index contributed by atoms with van der Waals surface area (Å²) in [5, 5.41) is 14.3. The fourth-order valence-electron chi connectivity index (χ4n) is 2.60. The smallest absolute Gasteiger partial charge is 0.214 e. The number of anilines is 2. The third-order valence-electron chi connectivity index (χ3n) is 3.55. The van der Waals surface area contributed by atoms with Gasteiger partial charge in [-0.3, -0.25) is 0 Å². The van der Waals surface area contributed by atoms with E-state index in [2.05, 4.69) is 35.3 Å². The number of fused-ring (bicyclic) bond motifs is 4. The molecule has 3 aromatic rings. The second-order valence-corrected chi connectivity index (χ2v) is 5.99. The van der Waals surface area contributed by atoms with Crippen molar-refractivity contribution in [3.05, 3.63) is 48.7 Å². The molecule has 106 valence electrons. The lowest BCUT2D eigenvalue weighted by atomic mass is 10.1. The number of hydrogen-bond acceptors (Lipinski definition) is 3. The van der Waals surface area contributed by atoms with Gasteiger partial charge >= 0.3 is 0 Å². The van der Waals surface area contributed by atoms with Crippen LogP contribution in [0.1, 0.15) is 0 Å². The topological polar surface area (TPSA) is 36.1 Å². The number of halogens is 1. The molecule has 4 rings (SSSR count). The summed E-state index contributed by atoms with van der Waals surface area (Å²) in [7, 11) is 2.06. The van der Waals surface area contributed by atoms with Crippen LogP contribution in [0.15, 0.2) is 58.5 Å². The largest absolute Gasteiger partial charge is 1.00 e. The van der Waals surface area contributed by atoms with Crippen molar-refractivity contribution in [2.75, 3.05) is 5.32 Å². The van der Waals surface area contributed by atoms with Crippen molar-refractivity contribution >= 4 is 34.0 Å². The van der Waals surface area contributed by atoms with Gasteiger partial charge in [-0.25, -0.2) is 0 Å². The lowest BCUT2D eigenvalue weighted by Crippen LogP contribution is -3.00. The standard InChI is InChI=1S/C16H12N2OS.ClH/c1-18-9-15-16(11-4-2-3-5-13(11)18)17-12-8-10(19)6-7-14(12)20-15;/h2-9,19H,1H3;1H. The van der Waals surface area contributed by atoms with E-state index in [1.165, 1.54) is 15.8 Å². The van der Waals surface area contributed by atoms with Crippen molar-refractivity contribution in [2.24, 2.45) is 7.05 Å². The molecule has 1 aliphatic heterocycles. The van der Waals surface area contributed by atoms with Gasteiger partial charge < -0.3 is 22.8 Å². The number of para-hydroxylation sites is 1. The van der Waals surface area contributed by atoms with E-state index in [0.717, 1.165) is 16.3 Å². The zero-order valence-corrected chi connectivity index (χ0v) is 12.9. The molecule has 2 N–H and O–H groups in total. The number of rotatable bonds is 0. The zero-order valence-electron chi connectivity index (χ0n) is 11.3. The minimum atomic E-state index is 0. The summed E-state index contributed by atoms with van der Waals surface area (Å²) in [5.41, 5.74) is 3.26. The predicted octanol–water partition coefficient (Wildman–Crippen LogP) is 0.582. The zero-order chi connectivity index (χ0) is 13.7. The molecule has 0 radical (unpaired) electrons. The summed E-state index contributed by atoms with van der Waals surface area (Å²) < 4.78 is 2.15. The molecular formula is C16H13ClN2OS. The van der Waals surface area contributed by atoms with Crippen LogP contribution in [0.3, 0.4) is 0 Å². The Bertz CT molecular complexity index is 851. The SMILES string of the molecule is C[n+]1cc2c(c3ccccc31)Nc1cc(O)ccc1S2.[Cl-]. The second-order valence-electron chi connectivity index (χ2n) is 4.90. The number of aromatic nitrogens is 1. The van der Waals surface area contributed by atoms with Crippen LogP contribution in [0, 0.1) is 0 Å². The van der Waals surface area contributed by atoms with Gasteiger partial charge in [0.2, 0.25) is 5.52 Å². The first-order valence-electron chi connectivity index (χ1n) is 6.41. The Balaban J connectivity index is 0.00000132. The number of nitrogens with one attached hydrogen (secondary N) is 1. The van der Waals surface area contributed by atoms with E-state index in [-0.39, 0.29) is 18.2 Å². The van der Waals surface area contributed by atoms with Gasteiger partial charge in [-0.05, 0) is 18.2 Å². The van der Waals surface area contributed by atoms with E-state index in [1.807, 2.05) is 18.2 Å². The van der Waals surface area contributed by atoms with E-state index in [0.29, 0.717) is 0 Å². The highest BCUT2D eigenvalue weighted by Gasteiger charge is 2.22. The first-order chi connectivity index (χ1) is 9.72. The number of phenolic OH excluding ortho intramolecular Hbond substituents is 1. The molecule has 2 aromatic carbocycles. The molecule has 0 atom stereocenters. The molecule has 2 heterocycles. The first kappa shape index (κ1) is 14.0. The lowest BCUT2D eigenvalue weighted by Gasteiger charge is -2.21. The van der Waals surface area contributed by atoms with Gasteiger partial charge in [0, 0.05) is 17.0 Å². The fraction of sp³-hybridized carbons (Fsp3) is 0.0625. The highest BCUT2D eigenvalue weighted by molar-refractivity contribution is 7.99. The molecule has 1 aliphatic rings. The maximum absolute atomic E-state index is 9.64. The van der Waals surface area contributed by atoms with Crippen LogP contribution in [0.25, 0.3) is 10.9 Å². The van der Waals surface area contributed by atoms with Crippen molar-refractivity contribution in [1.82, 2.24) is 0 Å². The van der Waals surface area contributed by atoms with Gasteiger partial charge in [0.05, 0.1) is 16.8 Å². The molecule has 0 spiro atoms. The minimum absolute atomic E-state index is 0. The van der Waals surface area contributed by atoms with Crippen molar-refractivity contribution in [3.8, 4) is 5.75 Å². The molecule has 0 amide bonds. The number of pyridine rings is 1. The summed E-state index contributed by atoms with van der Waals surface area (Å²) in [6.45, 7) is 0. The summed E-state index contributed by atoms with van der Waals surface area (Å²) >= 11 is 1.73. The van der Waals surface area contributed by atoms with Crippen molar-refractivity contribution in [2.45, 2.75) is 9.79 Å². The Hall–Kier alpha value is -1.91. The van der Waals surface area contributed by atoms with Gasteiger partial charge in [0.1, 0.15) is 17.7 Å². The van der Waals surface area contributed by atoms with Crippen LogP contribution in [0.5, 0.6) is 5.75 Å². The average Bonchev–Trinajstić information content (AvgIpc) is 2.46. The van der Waals surface area contributed by atoms with E-state index in [4.69, 9.17) is 0 Å². The van der Waals surface area contributed by atoms with Gasteiger partial charge in [0.25, 0.3) is 0 Å². The van der Waals surface area contributed by atoms with Gasteiger partial charge in [-0.2, -0.15) is 4.57 Å². The number of phenols is 1. The van der Waals surface area contributed by atoms with Crippen LogP contribution < -0.4 is 22.3 Å². The molecular weight excluding hydrogens is 304 g/mol. The van der Waals surface area contributed by atoms with Crippen molar-refractivity contribution < 1.29 is 22.1 Å². The van der Waals surface area contributed by atoms with E-state index < -0.39 is 0 Å². The fourth-order valence-corrected chi connectivity index (χ4v) is 3.67. The predicted molar refractivity (Wildman–Crippen MR) is 80.6 cm³/mol. The van der Waals surface area contributed by atoms with Gasteiger partial charge in [-0.15, -0.1) is 0 Å². The maximum Gasteiger partial charge on any atom is 0.214 e. The molecule has 1 aromatic heterocycles. The number of benzene rings is 2. The third-order valence-corrected chi connectivity index (χ3v) is 4.66. The number of hydrogen-bond donors (Lipinski definition) is 2. The molecule has 5 heteroatoms. The maximum atomic E-state index is 9.64. The van der Waals surface area contributed by atoms with Crippen LogP contribution in [-0.4, -0.2) is 5.11 Å². The normalized spacial score (nSPS) is 12.0. The molecule has 0 saturated carbocycles. The Labute approximate surface area is 133 Å². The van der Waals surface area contributed by atoms with Crippen LogP contribution in [0.4, 0.5) is 11.4 Å². The van der Waals surface area contributed by atoms with Gasteiger partial charge in [0.15, 0.2) is 6.20 Å². The summed E-state index contributed by atoms with van der Waals surface area (Å²) in [6.07, 6.45) is 2.14. The van der Waals surface area contributed by atoms with E-state index >= 15 is 0 Å². The Morgan fingerprint density at radius 2 is 1.90 bits per heavy atom. The number of nitrogens with zero attached hydrogens (tertiary/aromatic N) is 1. The number of aromatic hydroxyl groups is 1. The highest BCUT2D eigenvalue weighted by Crippen LogP contribution is 2.46. The molecule has 3 nitrogen and oxygen atoms in total. The molecule has 0 fully saturated rings. The first-order valence-corrected chi connectivity index (χ1v) is 7.23. The molecule has 0 bridgehead atoms. The van der Waals surface area contributed by atoms with E-state index in [1.54, 1.807) is 23.9 Å². The van der Waals surface area contributed by atoms with Gasteiger partial charge in [-0.1, -0.05) is 23.9 Å². The van der Waals surface area contributed by atoms with Crippen molar-refractivity contribution in [1.29, 1.82) is 0 Å². The van der Waals surface area contributed by atoms with Crippen LogP contribution in [0.2, 0.25) is 0 Å². The van der Waals surface area contributed by atoms with E-state index in [9.17, 15) is 5.11 Å².